The van der Waals surface area contributed by atoms with Crippen LogP contribution in [0.5, 0.6) is 0 Å². The summed E-state index contributed by atoms with van der Waals surface area (Å²) >= 11 is 0. The lowest BCUT2D eigenvalue weighted by Gasteiger charge is -2.09. The van der Waals surface area contributed by atoms with Crippen molar-refractivity contribution < 1.29 is 0 Å². The summed E-state index contributed by atoms with van der Waals surface area (Å²) in [6.07, 6.45) is 3.82. The van der Waals surface area contributed by atoms with E-state index in [4.69, 9.17) is 0 Å². The Labute approximate surface area is 192 Å². The van der Waals surface area contributed by atoms with Crippen molar-refractivity contribution in [2.75, 3.05) is 0 Å². The molecule has 2 heterocycles. The maximum Gasteiger partial charge on any atom is 0.347 e. The zero-order valence-electron chi connectivity index (χ0n) is 19.0. The number of rotatable bonds is 8. The molecule has 0 atom stereocenters. The van der Waals surface area contributed by atoms with Gasteiger partial charge >= 0.3 is 5.69 Å². The highest BCUT2D eigenvalue weighted by atomic mass is 16.2. The first-order valence-corrected chi connectivity index (χ1v) is 11.3. The molecule has 8 heteroatoms. The molecule has 0 saturated heterocycles. The van der Waals surface area contributed by atoms with Crippen LogP contribution in [0, 0.1) is 11.8 Å². The van der Waals surface area contributed by atoms with Crippen molar-refractivity contribution in [1.82, 2.24) is 35.0 Å². The van der Waals surface area contributed by atoms with Crippen LogP contribution in [-0.4, -0.2) is 35.0 Å². The molecule has 8 nitrogen and oxygen atoms in total. The van der Waals surface area contributed by atoms with Gasteiger partial charge in [-0.15, -0.1) is 10.2 Å². The summed E-state index contributed by atoms with van der Waals surface area (Å²) in [5.74, 6) is 7.24. The normalized spacial score (nSPS) is 10.7. The number of aryl methyl sites for hydroxylation is 1. The van der Waals surface area contributed by atoms with Crippen LogP contribution in [0.2, 0.25) is 0 Å². The van der Waals surface area contributed by atoms with Crippen LogP contribution in [0.25, 0.3) is 22.5 Å². The SMILES string of the molecule is CCC#Cc1nn(CCCCC)c(=O)n1Cc1ccc(-c2ccccc2-c2nnn[nH]2)cc1. The number of aromatic nitrogens is 7. The molecule has 4 rings (SSSR count). The third-order valence-electron chi connectivity index (χ3n) is 5.41. The van der Waals surface area contributed by atoms with Gasteiger partial charge in [0, 0.05) is 18.5 Å². The highest BCUT2D eigenvalue weighted by Gasteiger charge is 2.13. The standard InChI is InChI=1S/C25H27N7O/c1-3-5-9-17-32-25(33)31(23(28-32)12-6-4-2)18-19-13-15-20(16-14-19)21-10-7-8-11-22(21)24-26-29-30-27-24/h7-8,10-11,13-16H,3-5,9,17-18H2,1-2H3,(H,26,27,29,30). The van der Waals surface area contributed by atoms with Crippen molar-refractivity contribution in [3.63, 3.8) is 0 Å². The van der Waals surface area contributed by atoms with E-state index in [2.05, 4.69) is 44.5 Å². The van der Waals surface area contributed by atoms with E-state index >= 15 is 0 Å². The van der Waals surface area contributed by atoms with E-state index in [9.17, 15) is 4.79 Å². The van der Waals surface area contributed by atoms with E-state index < -0.39 is 0 Å². The molecule has 2 aromatic carbocycles. The van der Waals surface area contributed by atoms with Gasteiger partial charge in [-0.3, -0.25) is 4.57 Å². The summed E-state index contributed by atoms with van der Waals surface area (Å²) in [6, 6.07) is 16.1. The fourth-order valence-corrected chi connectivity index (χ4v) is 3.69. The van der Waals surface area contributed by atoms with E-state index in [-0.39, 0.29) is 5.69 Å². The number of aromatic amines is 1. The quantitative estimate of drug-likeness (QED) is 0.331. The lowest BCUT2D eigenvalue weighted by molar-refractivity contribution is 0.531. The first-order chi connectivity index (χ1) is 16.2. The number of nitrogens with zero attached hydrogens (tertiary/aromatic N) is 6. The molecule has 0 fully saturated rings. The second-order valence-electron chi connectivity index (χ2n) is 7.77. The van der Waals surface area contributed by atoms with E-state index in [1.165, 1.54) is 0 Å². The predicted molar refractivity (Wildman–Crippen MR) is 127 cm³/mol. The minimum Gasteiger partial charge on any atom is -0.264 e. The Balaban J connectivity index is 1.61. The molecule has 0 unspecified atom stereocenters. The van der Waals surface area contributed by atoms with Gasteiger partial charge in [-0.2, -0.15) is 0 Å². The molecule has 33 heavy (non-hydrogen) atoms. The average molecular weight is 442 g/mol. The Bertz CT molecular complexity index is 1310. The minimum atomic E-state index is -0.112. The van der Waals surface area contributed by atoms with Crippen molar-refractivity contribution in [2.24, 2.45) is 0 Å². The monoisotopic (exact) mass is 441 g/mol. The molecule has 0 radical (unpaired) electrons. The maximum absolute atomic E-state index is 13.0. The van der Waals surface area contributed by atoms with Crippen LogP contribution < -0.4 is 5.69 Å². The van der Waals surface area contributed by atoms with E-state index in [1.807, 2.05) is 55.5 Å². The minimum absolute atomic E-state index is 0.112. The van der Waals surface area contributed by atoms with Gasteiger partial charge in [-0.05, 0) is 39.5 Å². The third-order valence-corrected chi connectivity index (χ3v) is 5.41. The van der Waals surface area contributed by atoms with Crippen molar-refractivity contribution >= 4 is 0 Å². The molecule has 0 aliphatic rings. The van der Waals surface area contributed by atoms with Crippen LogP contribution in [0.1, 0.15) is 50.9 Å². The van der Waals surface area contributed by atoms with Crippen LogP contribution >= 0.6 is 0 Å². The molecule has 0 bridgehead atoms. The lowest BCUT2D eigenvalue weighted by Crippen LogP contribution is -2.25. The Morgan fingerprint density at radius 1 is 1.00 bits per heavy atom. The Morgan fingerprint density at radius 3 is 2.48 bits per heavy atom. The third kappa shape index (κ3) is 5.09. The number of hydrogen-bond acceptors (Lipinski definition) is 5. The van der Waals surface area contributed by atoms with Crippen LogP contribution in [0.15, 0.2) is 53.3 Å². The summed E-state index contributed by atoms with van der Waals surface area (Å²) in [6.45, 7) is 5.17. The van der Waals surface area contributed by atoms with E-state index in [0.29, 0.717) is 31.2 Å². The Kier molecular flexibility index (Phi) is 7.10. The van der Waals surface area contributed by atoms with Gasteiger partial charge in [0.1, 0.15) is 0 Å². The Morgan fingerprint density at radius 2 is 1.79 bits per heavy atom. The van der Waals surface area contributed by atoms with Crippen LogP contribution in [-0.2, 0) is 13.1 Å². The molecular weight excluding hydrogens is 414 g/mol. The van der Waals surface area contributed by atoms with Gasteiger partial charge in [-0.1, -0.05) is 81.1 Å². The molecule has 0 amide bonds. The maximum atomic E-state index is 13.0. The van der Waals surface area contributed by atoms with Crippen molar-refractivity contribution in [2.45, 2.75) is 52.6 Å². The van der Waals surface area contributed by atoms with Gasteiger partial charge in [-0.25, -0.2) is 14.6 Å². The fourth-order valence-electron chi connectivity index (χ4n) is 3.69. The largest absolute Gasteiger partial charge is 0.347 e. The molecule has 0 aliphatic heterocycles. The zero-order chi connectivity index (χ0) is 23.0. The summed E-state index contributed by atoms with van der Waals surface area (Å²) in [5.41, 5.74) is 3.89. The number of hydrogen-bond donors (Lipinski definition) is 1. The summed E-state index contributed by atoms with van der Waals surface area (Å²) in [5, 5.41) is 18.7. The predicted octanol–water partition coefficient (Wildman–Crippen LogP) is 3.89. The lowest BCUT2D eigenvalue weighted by atomic mass is 9.98. The van der Waals surface area contributed by atoms with Gasteiger partial charge in [0.2, 0.25) is 5.82 Å². The van der Waals surface area contributed by atoms with Crippen molar-refractivity contribution in [3.05, 3.63) is 70.4 Å². The first-order valence-electron chi connectivity index (χ1n) is 11.3. The van der Waals surface area contributed by atoms with E-state index in [1.54, 1.807) is 9.25 Å². The smallest absolute Gasteiger partial charge is 0.264 e. The average Bonchev–Trinajstić information content (AvgIpc) is 3.48. The highest BCUT2D eigenvalue weighted by Crippen LogP contribution is 2.29. The van der Waals surface area contributed by atoms with Crippen LogP contribution in [0.4, 0.5) is 0 Å². The molecule has 0 saturated carbocycles. The summed E-state index contributed by atoms with van der Waals surface area (Å²) in [7, 11) is 0. The molecule has 168 valence electrons. The van der Waals surface area contributed by atoms with Gasteiger partial charge in [0.25, 0.3) is 0 Å². The second-order valence-corrected chi connectivity index (χ2v) is 7.77. The number of unbranched alkanes of at least 4 members (excludes halogenated alkanes) is 2. The van der Waals surface area contributed by atoms with E-state index in [0.717, 1.165) is 41.5 Å². The Hall–Kier alpha value is -3.99. The van der Waals surface area contributed by atoms with Gasteiger partial charge in [0.05, 0.1) is 6.54 Å². The first kappa shape index (κ1) is 22.2. The summed E-state index contributed by atoms with van der Waals surface area (Å²) in [4.78, 5) is 13.0. The molecule has 0 aliphatic carbocycles. The van der Waals surface area contributed by atoms with Crippen molar-refractivity contribution in [3.8, 4) is 34.4 Å². The number of benzene rings is 2. The van der Waals surface area contributed by atoms with Crippen molar-refractivity contribution in [1.29, 1.82) is 0 Å². The van der Waals surface area contributed by atoms with Crippen LogP contribution in [0.3, 0.4) is 0 Å². The second kappa shape index (κ2) is 10.6. The van der Waals surface area contributed by atoms with Gasteiger partial charge < -0.3 is 0 Å². The summed E-state index contributed by atoms with van der Waals surface area (Å²) < 4.78 is 3.21. The molecular formula is C25H27N7O. The number of nitrogens with one attached hydrogen (secondary N) is 1. The molecule has 1 N–H and O–H groups in total. The highest BCUT2D eigenvalue weighted by molar-refractivity contribution is 5.80. The zero-order valence-corrected chi connectivity index (χ0v) is 19.0. The fraction of sp³-hybridized carbons (Fsp3) is 0.320. The molecule has 2 aromatic heterocycles. The van der Waals surface area contributed by atoms with Gasteiger partial charge in [0.15, 0.2) is 5.82 Å². The topological polar surface area (TPSA) is 94.3 Å². The number of H-pyrrole nitrogens is 1. The molecule has 4 aromatic rings. The molecule has 0 spiro atoms. The number of tetrazole rings is 1.